The molecule has 1 aromatic carbocycles. The first-order valence-corrected chi connectivity index (χ1v) is 5.93. The molecule has 0 fully saturated rings. The Balaban J connectivity index is 2.90. The molecule has 0 saturated heterocycles. The van der Waals surface area contributed by atoms with E-state index in [0.29, 0.717) is 12.8 Å². The lowest BCUT2D eigenvalue weighted by atomic mass is 9.82. The van der Waals surface area contributed by atoms with Gasteiger partial charge in [0.2, 0.25) is 0 Å². The Kier molecular flexibility index (Phi) is 4.34. The first kappa shape index (κ1) is 13.5. The highest BCUT2D eigenvalue weighted by molar-refractivity contribution is 6.30. The van der Waals surface area contributed by atoms with Gasteiger partial charge in [0, 0.05) is 6.42 Å². The fraction of sp³-hybridized carbons (Fsp3) is 0.538. The van der Waals surface area contributed by atoms with Crippen LogP contribution in [0.4, 0.5) is 4.39 Å². The summed E-state index contributed by atoms with van der Waals surface area (Å²) >= 11 is 5.61. The zero-order valence-corrected chi connectivity index (χ0v) is 10.7. The van der Waals surface area contributed by atoms with Crippen LogP contribution in [0.3, 0.4) is 0 Å². The molecule has 0 heterocycles. The first-order valence-electron chi connectivity index (χ1n) is 5.55. The number of hydrogen-bond donors (Lipinski definition) is 1. The summed E-state index contributed by atoms with van der Waals surface area (Å²) in [7, 11) is 0. The van der Waals surface area contributed by atoms with E-state index in [-0.39, 0.29) is 10.9 Å². The molecular weight excluding hydrogens is 227 g/mol. The summed E-state index contributed by atoms with van der Waals surface area (Å²) in [6, 6.07) is 4.68. The lowest BCUT2D eigenvalue weighted by Gasteiger charge is -2.31. The van der Waals surface area contributed by atoms with Gasteiger partial charge in [-0.2, -0.15) is 0 Å². The Hall–Kier alpha value is -0.600. The SMILES string of the molecule is CCC(O)(Cc1ccc(Cl)c(F)c1)C(C)C. The quantitative estimate of drug-likeness (QED) is 0.854. The zero-order valence-electron chi connectivity index (χ0n) is 9.93. The molecule has 3 heteroatoms. The van der Waals surface area contributed by atoms with E-state index in [1.54, 1.807) is 6.07 Å². The van der Waals surface area contributed by atoms with E-state index in [2.05, 4.69) is 0 Å². The van der Waals surface area contributed by atoms with E-state index in [9.17, 15) is 9.50 Å². The van der Waals surface area contributed by atoms with Crippen molar-refractivity contribution in [3.63, 3.8) is 0 Å². The molecule has 1 atom stereocenters. The molecule has 0 amide bonds. The van der Waals surface area contributed by atoms with Gasteiger partial charge in [-0.1, -0.05) is 38.4 Å². The van der Waals surface area contributed by atoms with E-state index in [1.807, 2.05) is 20.8 Å². The molecule has 0 aromatic heterocycles. The highest BCUT2D eigenvalue weighted by atomic mass is 35.5. The van der Waals surface area contributed by atoms with Crippen molar-refractivity contribution in [3.8, 4) is 0 Å². The van der Waals surface area contributed by atoms with Gasteiger partial charge in [0.1, 0.15) is 5.82 Å². The Labute approximate surface area is 101 Å². The van der Waals surface area contributed by atoms with Crippen molar-refractivity contribution in [2.24, 2.45) is 5.92 Å². The fourth-order valence-corrected chi connectivity index (χ4v) is 1.86. The van der Waals surface area contributed by atoms with Gasteiger partial charge in [-0.25, -0.2) is 4.39 Å². The largest absolute Gasteiger partial charge is 0.389 e. The summed E-state index contributed by atoms with van der Waals surface area (Å²) in [5.41, 5.74) is 0.000221. The second kappa shape index (κ2) is 5.15. The van der Waals surface area contributed by atoms with Crippen LogP contribution in [0.25, 0.3) is 0 Å². The molecule has 0 radical (unpaired) electrons. The van der Waals surface area contributed by atoms with Gasteiger partial charge in [0.25, 0.3) is 0 Å². The minimum Gasteiger partial charge on any atom is -0.389 e. The molecule has 90 valence electrons. The molecule has 1 rings (SSSR count). The minimum absolute atomic E-state index is 0.119. The van der Waals surface area contributed by atoms with Crippen LogP contribution in [-0.2, 0) is 6.42 Å². The van der Waals surface area contributed by atoms with Crippen molar-refractivity contribution in [2.75, 3.05) is 0 Å². The molecular formula is C13H18ClFO. The molecule has 0 bridgehead atoms. The Morgan fingerprint density at radius 3 is 2.50 bits per heavy atom. The predicted molar refractivity (Wildman–Crippen MR) is 65.2 cm³/mol. The maximum atomic E-state index is 13.2. The van der Waals surface area contributed by atoms with E-state index >= 15 is 0 Å². The molecule has 0 saturated carbocycles. The van der Waals surface area contributed by atoms with Crippen molar-refractivity contribution in [2.45, 2.75) is 39.2 Å². The summed E-state index contributed by atoms with van der Waals surface area (Å²) in [5, 5.41) is 10.5. The van der Waals surface area contributed by atoms with Crippen molar-refractivity contribution >= 4 is 11.6 Å². The molecule has 1 nitrogen and oxygen atoms in total. The van der Waals surface area contributed by atoms with Crippen molar-refractivity contribution in [1.82, 2.24) is 0 Å². The summed E-state index contributed by atoms with van der Waals surface area (Å²) in [4.78, 5) is 0. The molecule has 0 aliphatic carbocycles. The summed E-state index contributed by atoms with van der Waals surface area (Å²) < 4.78 is 13.2. The molecule has 0 aliphatic rings. The van der Waals surface area contributed by atoms with Gasteiger partial charge in [0.15, 0.2) is 0 Å². The monoisotopic (exact) mass is 244 g/mol. The molecule has 1 N–H and O–H groups in total. The smallest absolute Gasteiger partial charge is 0.142 e. The number of halogens is 2. The average molecular weight is 245 g/mol. The highest BCUT2D eigenvalue weighted by Gasteiger charge is 2.29. The lowest BCUT2D eigenvalue weighted by Crippen LogP contribution is -2.36. The van der Waals surface area contributed by atoms with Gasteiger partial charge < -0.3 is 5.11 Å². The Bertz CT molecular complexity index is 365. The average Bonchev–Trinajstić information content (AvgIpc) is 2.23. The van der Waals surface area contributed by atoms with E-state index < -0.39 is 11.4 Å². The maximum Gasteiger partial charge on any atom is 0.142 e. The summed E-state index contributed by atoms with van der Waals surface area (Å²) in [6.45, 7) is 5.87. The van der Waals surface area contributed by atoms with Gasteiger partial charge in [0.05, 0.1) is 10.6 Å². The van der Waals surface area contributed by atoms with E-state index in [0.717, 1.165) is 5.56 Å². The third-order valence-electron chi connectivity index (χ3n) is 3.18. The number of rotatable bonds is 4. The Morgan fingerprint density at radius 1 is 1.44 bits per heavy atom. The maximum absolute atomic E-state index is 13.2. The molecule has 1 unspecified atom stereocenters. The minimum atomic E-state index is -0.778. The molecule has 1 aromatic rings. The summed E-state index contributed by atoms with van der Waals surface area (Å²) in [5.74, 6) is -0.294. The lowest BCUT2D eigenvalue weighted by molar-refractivity contribution is -0.00832. The van der Waals surface area contributed by atoms with Gasteiger partial charge in [-0.3, -0.25) is 0 Å². The zero-order chi connectivity index (χ0) is 12.3. The first-order chi connectivity index (χ1) is 7.39. The van der Waals surface area contributed by atoms with Crippen molar-refractivity contribution < 1.29 is 9.50 Å². The van der Waals surface area contributed by atoms with Crippen LogP contribution in [-0.4, -0.2) is 10.7 Å². The van der Waals surface area contributed by atoms with Gasteiger partial charge >= 0.3 is 0 Å². The topological polar surface area (TPSA) is 20.2 Å². The van der Waals surface area contributed by atoms with E-state index in [1.165, 1.54) is 12.1 Å². The van der Waals surface area contributed by atoms with Crippen LogP contribution >= 0.6 is 11.6 Å². The normalized spacial score (nSPS) is 15.2. The number of aliphatic hydroxyl groups is 1. The van der Waals surface area contributed by atoms with Crippen LogP contribution < -0.4 is 0 Å². The second-order valence-electron chi connectivity index (χ2n) is 4.54. The fourth-order valence-electron chi connectivity index (χ4n) is 1.74. The van der Waals surface area contributed by atoms with Crippen LogP contribution in [0.15, 0.2) is 18.2 Å². The Morgan fingerprint density at radius 2 is 2.06 bits per heavy atom. The molecule has 0 aliphatic heterocycles. The molecule has 0 spiro atoms. The van der Waals surface area contributed by atoms with Crippen LogP contribution in [0, 0.1) is 11.7 Å². The third kappa shape index (κ3) is 2.96. The second-order valence-corrected chi connectivity index (χ2v) is 4.94. The standard InChI is InChI=1S/C13H18ClFO/c1-4-13(16,9(2)3)8-10-5-6-11(14)12(15)7-10/h5-7,9,16H,4,8H2,1-3H3. The van der Waals surface area contributed by atoms with Gasteiger partial charge in [-0.05, 0) is 30.0 Å². The van der Waals surface area contributed by atoms with Crippen LogP contribution in [0.1, 0.15) is 32.8 Å². The van der Waals surface area contributed by atoms with E-state index in [4.69, 9.17) is 11.6 Å². The van der Waals surface area contributed by atoms with Gasteiger partial charge in [-0.15, -0.1) is 0 Å². The number of hydrogen-bond acceptors (Lipinski definition) is 1. The van der Waals surface area contributed by atoms with Crippen LogP contribution in [0.2, 0.25) is 5.02 Å². The predicted octanol–water partition coefficient (Wildman–Crippen LogP) is 3.82. The third-order valence-corrected chi connectivity index (χ3v) is 3.49. The van der Waals surface area contributed by atoms with Crippen molar-refractivity contribution in [1.29, 1.82) is 0 Å². The van der Waals surface area contributed by atoms with Crippen LogP contribution in [0.5, 0.6) is 0 Å². The molecule has 16 heavy (non-hydrogen) atoms. The number of benzene rings is 1. The van der Waals surface area contributed by atoms with Crippen molar-refractivity contribution in [3.05, 3.63) is 34.6 Å². The summed E-state index contributed by atoms with van der Waals surface area (Å²) in [6.07, 6.45) is 1.10. The highest BCUT2D eigenvalue weighted by Crippen LogP contribution is 2.27.